The smallest absolute Gasteiger partial charge is 0.339 e. The van der Waals surface area contributed by atoms with Crippen LogP contribution < -0.4 is 0 Å². The van der Waals surface area contributed by atoms with Gasteiger partial charge in [0.1, 0.15) is 5.56 Å². The van der Waals surface area contributed by atoms with Gasteiger partial charge in [0.2, 0.25) is 0 Å². The zero-order valence-electron chi connectivity index (χ0n) is 10.7. The van der Waals surface area contributed by atoms with Crippen molar-refractivity contribution in [3.05, 3.63) is 52.3 Å². The summed E-state index contributed by atoms with van der Waals surface area (Å²) in [5, 5.41) is 22.2. The summed E-state index contributed by atoms with van der Waals surface area (Å²) in [6.07, 6.45) is 0. The summed E-state index contributed by atoms with van der Waals surface area (Å²) in [5.41, 5.74) is 2.87. The minimum Gasteiger partial charge on any atom is -0.478 e. The first-order valence-corrected chi connectivity index (χ1v) is 5.79. The third-order valence-electron chi connectivity index (χ3n) is 2.98. The van der Waals surface area contributed by atoms with E-state index in [-0.39, 0.29) is 5.56 Å². The fraction of sp³-hybridized carbons (Fsp3) is 0.214. The molecular formula is C14H13N3O2. The van der Waals surface area contributed by atoms with Gasteiger partial charge in [-0.05, 0) is 31.5 Å². The maximum Gasteiger partial charge on any atom is 0.339 e. The molecule has 0 aliphatic carbocycles. The van der Waals surface area contributed by atoms with Crippen molar-refractivity contribution in [3.8, 4) is 6.07 Å². The molecule has 0 amide bonds. The van der Waals surface area contributed by atoms with Gasteiger partial charge in [-0.25, -0.2) is 4.79 Å². The minimum atomic E-state index is -0.966. The number of nitrogens with zero attached hydrogens (tertiary/aromatic N) is 3. The van der Waals surface area contributed by atoms with Crippen LogP contribution in [-0.2, 0) is 6.54 Å². The molecule has 1 N–H and O–H groups in total. The summed E-state index contributed by atoms with van der Waals surface area (Å²) in [4.78, 5) is 11.1. The topological polar surface area (TPSA) is 78.9 Å². The SMILES string of the molecule is Cc1nn(Cc2cccc(C#N)c2)c(C)c1C(=O)O. The normalized spacial score (nSPS) is 10.2. The third-order valence-corrected chi connectivity index (χ3v) is 2.98. The van der Waals surface area contributed by atoms with Crippen molar-refractivity contribution < 1.29 is 9.90 Å². The number of hydrogen-bond acceptors (Lipinski definition) is 3. The van der Waals surface area contributed by atoms with Crippen LogP contribution in [0.1, 0.15) is 32.9 Å². The van der Waals surface area contributed by atoms with E-state index >= 15 is 0 Å². The number of nitriles is 1. The van der Waals surface area contributed by atoms with Crippen molar-refractivity contribution in [1.82, 2.24) is 9.78 Å². The molecule has 1 heterocycles. The minimum absolute atomic E-state index is 0.247. The van der Waals surface area contributed by atoms with E-state index in [4.69, 9.17) is 10.4 Å². The second-order valence-corrected chi connectivity index (χ2v) is 4.32. The quantitative estimate of drug-likeness (QED) is 0.911. The van der Waals surface area contributed by atoms with Gasteiger partial charge in [-0.3, -0.25) is 4.68 Å². The van der Waals surface area contributed by atoms with E-state index in [1.165, 1.54) is 0 Å². The average Bonchev–Trinajstić information content (AvgIpc) is 2.64. The largest absolute Gasteiger partial charge is 0.478 e. The molecule has 0 unspecified atom stereocenters. The zero-order valence-corrected chi connectivity index (χ0v) is 10.7. The van der Waals surface area contributed by atoms with Crippen LogP contribution in [0.25, 0.3) is 0 Å². The summed E-state index contributed by atoms with van der Waals surface area (Å²) in [5.74, 6) is -0.966. The summed E-state index contributed by atoms with van der Waals surface area (Å²) in [6, 6.07) is 9.27. The van der Waals surface area contributed by atoms with Crippen LogP contribution in [0.15, 0.2) is 24.3 Å². The number of carbonyl (C=O) groups is 1. The van der Waals surface area contributed by atoms with Crippen LogP contribution in [0.4, 0.5) is 0 Å². The van der Waals surface area contributed by atoms with Crippen LogP contribution in [0.3, 0.4) is 0 Å². The molecule has 0 saturated heterocycles. The van der Waals surface area contributed by atoms with Crippen molar-refractivity contribution in [2.45, 2.75) is 20.4 Å². The van der Waals surface area contributed by atoms with E-state index < -0.39 is 5.97 Å². The number of benzene rings is 1. The number of carboxylic acid groups (broad SMARTS) is 1. The molecule has 5 nitrogen and oxygen atoms in total. The molecule has 0 aliphatic rings. The first-order valence-electron chi connectivity index (χ1n) is 5.79. The van der Waals surface area contributed by atoms with E-state index in [0.29, 0.717) is 23.5 Å². The van der Waals surface area contributed by atoms with E-state index in [9.17, 15) is 4.79 Å². The van der Waals surface area contributed by atoms with Crippen molar-refractivity contribution in [3.63, 3.8) is 0 Å². The van der Waals surface area contributed by atoms with Crippen molar-refractivity contribution in [2.75, 3.05) is 0 Å². The lowest BCUT2D eigenvalue weighted by Gasteiger charge is -2.05. The Labute approximate surface area is 110 Å². The zero-order chi connectivity index (χ0) is 14.0. The Kier molecular flexibility index (Phi) is 3.34. The molecule has 0 radical (unpaired) electrons. The highest BCUT2D eigenvalue weighted by atomic mass is 16.4. The van der Waals surface area contributed by atoms with E-state index in [1.54, 1.807) is 36.7 Å². The predicted molar refractivity (Wildman–Crippen MR) is 68.9 cm³/mol. The summed E-state index contributed by atoms with van der Waals surface area (Å²) < 4.78 is 1.65. The Morgan fingerprint density at radius 3 is 2.79 bits per heavy atom. The van der Waals surface area contributed by atoms with E-state index in [2.05, 4.69) is 11.2 Å². The van der Waals surface area contributed by atoms with Crippen molar-refractivity contribution in [2.24, 2.45) is 0 Å². The van der Waals surface area contributed by atoms with Crippen molar-refractivity contribution in [1.29, 1.82) is 5.26 Å². The molecule has 96 valence electrons. The van der Waals surface area contributed by atoms with Gasteiger partial charge in [-0.1, -0.05) is 12.1 Å². The molecule has 0 bridgehead atoms. The molecule has 0 saturated carbocycles. The van der Waals surface area contributed by atoms with Gasteiger partial charge in [0.15, 0.2) is 0 Å². The van der Waals surface area contributed by atoms with Crippen LogP contribution in [0.2, 0.25) is 0 Å². The van der Waals surface area contributed by atoms with Crippen LogP contribution >= 0.6 is 0 Å². The lowest BCUT2D eigenvalue weighted by Crippen LogP contribution is -2.06. The first-order chi connectivity index (χ1) is 9.02. The fourth-order valence-corrected chi connectivity index (χ4v) is 2.07. The van der Waals surface area contributed by atoms with Crippen LogP contribution in [-0.4, -0.2) is 20.9 Å². The molecule has 0 spiro atoms. The van der Waals surface area contributed by atoms with Crippen LogP contribution in [0.5, 0.6) is 0 Å². The molecule has 1 aromatic carbocycles. The van der Waals surface area contributed by atoms with Crippen molar-refractivity contribution >= 4 is 5.97 Å². The molecule has 5 heteroatoms. The van der Waals surface area contributed by atoms with Gasteiger partial charge < -0.3 is 5.11 Å². The Morgan fingerprint density at radius 2 is 2.21 bits per heavy atom. The standard InChI is InChI=1S/C14H13N3O2/c1-9-13(14(18)19)10(2)17(16-9)8-12-5-3-4-11(6-12)7-15/h3-6H,8H2,1-2H3,(H,18,19). The average molecular weight is 255 g/mol. The summed E-state index contributed by atoms with van der Waals surface area (Å²) in [6.45, 7) is 3.87. The Hall–Kier alpha value is -2.61. The highest BCUT2D eigenvalue weighted by molar-refractivity contribution is 5.90. The van der Waals surface area contributed by atoms with Gasteiger partial charge in [-0.2, -0.15) is 10.4 Å². The molecule has 0 fully saturated rings. The second kappa shape index (κ2) is 4.94. The summed E-state index contributed by atoms with van der Waals surface area (Å²) in [7, 11) is 0. The van der Waals surface area contributed by atoms with Gasteiger partial charge in [0.05, 0.1) is 29.6 Å². The number of hydrogen-bond donors (Lipinski definition) is 1. The number of aromatic carboxylic acids is 1. The molecule has 0 aliphatic heterocycles. The predicted octanol–water partition coefficient (Wildman–Crippen LogP) is 2.12. The van der Waals surface area contributed by atoms with Gasteiger partial charge in [0, 0.05) is 0 Å². The fourth-order valence-electron chi connectivity index (χ4n) is 2.07. The Balaban J connectivity index is 2.37. The molecule has 0 atom stereocenters. The number of rotatable bonds is 3. The third kappa shape index (κ3) is 2.47. The maximum absolute atomic E-state index is 11.1. The monoisotopic (exact) mass is 255 g/mol. The Bertz CT molecular complexity index is 680. The van der Waals surface area contributed by atoms with Gasteiger partial charge in [-0.15, -0.1) is 0 Å². The lowest BCUT2D eigenvalue weighted by atomic mass is 10.1. The second-order valence-electron chi connectivity index (χ2n) is 4.32. The highest BCUT2D eigenvalue weighted by Gasteiger charge is 2.17. The van der Waals surface area contributed by atoms with E-state index in [1.807, 2.05) is 6.07 Å². The molecule has 19 heavy (non-hydrogen) atoms. The number of carboxylic acids is 1. The number of aryl methyl sites for hydroxylation is 1. The van der Waals surface area contributed by atoms with Crippen LogP contribution in [0, 0.1) is 25.2 Å². The number of aromatic nitrogens is 2. The summed E-state index contributed by atoms with van der Waals surface area (Å²) >= 11 is 0. The maximum atomic E-state index is 11.1. The lowest BCUT2D eigenvalue weighted by molar-refractivity contribution is 0.0695. The van der Waals surface area contributed by atoms with E-state index in [0.717, 1.165) is 5.56 Å². The first kappa shape index (κ1) is 12.8. The molecule has 2 aromatic rings. The Morgan fingerprint density at radius 1 is 1.47 bits per heavy atom. The molecular weight excluding hydrogens is 242 g/mol. The van der Waals surface area contributed by atoms with Gasteiger partial charge >= 0.3 is 5.97 Å². The highest BCUT2D eigenvalue weighted by Crippen LogP contribution is 2.15. The molecule has 1 aromatic heterocycles. The van der Waals surface area contributed by atoms with Gasteiger partial charge in [0.25, 0.3) is 0 Å². The molecule has 2 rings (SSSR count).